The van der Waals surface area contributed by atoms with Crippen LogP contribution in [0.2, 0.25) is 0 Å². The second kappa shape index (κ2) is 4.72. The number of halogens is 1. The fraction of sp³-hybridized carbons (Fsp3) is 0.455. The zero-order valence-corrected chi connectivity index (χ0v) is 10.0. The highest BCUT2D eigenvalue weighted by Crippen LogP contribution is 2.20. The lowest BCUT2D eigenvalue weighted by atomic mass is 10.1. The molecule has 0 bridgehead atoms. The van der Waals surface area contributed by atoms with Crippen molar-refractivity contribution in [1.82, 2.24) is 4.31 Å². The van der Waals surface area contributed by atoms with E-state index in [1.165, 1.54) is 16.4 Å². The van der Waals surface area contributed by atoms with Crippen LogP contribution in [-0.4, -0.2) is 37.0 Å². The smallest absolute Gasteiger partial charge is 0.243 e. The summed E-state index contributed by atoms with van der Waals surface area (Å²) < 4.78 is 38.2. The highest BCUT2D eigenvalue weighted by Gasteiger charge is 2.29. The van der Waals surface area contributed by atoms with Crippen LogP contribution in [0, 0.1) is 5.82 Å². The van der Waals surface area contributed by atoms with E-state index in [0.29, 0.717) is 19.4 Å². The lowest BCUT2D eigenvalue weighted by Gasteiger charge is -2.29. The first-order chi connectivity index (χ1) is 8.00. The Morgan fingerprint density at radius 2 is 1.94 bits per heavy atom. The van der Waals surface area contributed by atoms with Crippen molar-refractivity contribution in [1.29, 1.82) is 0 Å². The minimum Gasteiger partial charge on any atom is -0.392 e. The lowest BCUT2D eigenvalue weighted by Crippen LogP contribution is -2.42. The van der Waals surface area contributed by atoms with Crippen LogP contribution < -0.4 is 0 Å². The van der Waals surface area contributed by atoms with Gasteiger partial charge < -0.3 is 5.11 Å². The summed E-state index contributed by atoms with van der Waals surface area (Å²) in [4.78, 5) is 0.0630. The summed E-state index contributed by atoms with van der Waals surface area (Å²) >= 11 is 0. The molecule has 17 heavy (non-hydrogen) atoms. The fourth-order valence-electron chi connectivity index (χ4n) is 1.89. The van der Waals surface area contributed by atoms with Gasteiger partial charge in [0, 0.05) is 13.1 Å². The largest absolute Gasteiger partial charge is 0.392 e. The molecule has 6 heteroatoms. The molecule has 0 spiro atoms. The number of β-amino-alcohol motifs (C(OH)–C–C–N with tert-alkyl or cyclic N) is 1. The molecule has 0 radical (unpaired) electrons. The lowest BCUT2D eigenvalue weighted by molar-refractivity contribution is 0.108. The third-order valence-electron chi connectivity index (χ3n) is 2.81. The maximum absolute atomic E-state index is 12.7. The summed E-state index contributed by atoms with van der Waals surface area (Å²) in [5.41, 5.74) is 0. The highest BCUT2D eigenvalue weighted by molar-refractivity contribution is 7.89. The van der Waals surface area contributed by atoms with Crippen LogP contribution in [0.4, 0.5) is 4.39 Å². The average Bonchev–Trinajstić information content (AvgIpc) is 2.29. The molecule has 2 rings (SSSR count). The molecule has 1 aromatic carbocycles. The Kier molecular flexibility index (Phi) is 3.46. The molecular weight excluding hydrogens is 245 g/mol. The predicted octanol–water partition coefficient (Wildman–Crippen LogP) is 0.971. The summed E-state index contributed by atoms with van der Waals surface area (Å²) in [6.45, 7) is 0.510. The van der Waals surface area contributed by atoms with E-state index < -0.39 is 21.9 Å². The van der Waals surface area contributed by atoms with Gasteiger partial charge in [-0.05, 0) is 37.1 Å². The van der Waals surface area contributed by atoms with Crippen LogP contribution in [-0.2, 0) is 10.0 Å². The summed E-state index contributed by atoms with van der Waals surface area (Å²) in [5, 5.41) is 9.47. The first-order valence-electron chi connectivity index (χ1n) is 5.44. The van der Waals surface area contributed by atoms with Gasteiger partial charge in [-0.15, -0.1) is 0 Å². The number of piperidine rings is 1. The van der Waals surface area contributed by atoms with Gasteiger partial charge in [0.05, 0.1) is 11.0 Å². The molecule has 0 aliphatic carbocycles. The molecule has 4 nitrogen and oxygen atoms in total. The van der Waals surface area contributed by atoms with Crippen molar-refractivity contribution < 1.29 is 17.9 Å². The maximum atomic E-state index is 12.7. The van der Waals surface area contributed by atoms with Crippen molar-refractivity contribution in [3.05, 3.63) is 30.1 Å². The first kappa shape index (κ1) is 12.5. The van der Waals surface area contributed by atoms with Crippen molar-refractivity contribution >= 4 is 10.0 Å². The number of aliphatic hydroxyl groups is 1. The van der Waals surface area contributed by atoms with Crippen molar-refractivity contribution in [3.8, 4) is 0 Å². The quantitative estimate of drug-likeness (QED) is 0.861. The summed E-state index contributed by atoms with van der Waals surface area (Å²) in [6, 6.07) is 4.72. The van der Waals surface area contributed by atoms with Gasteiger partial charge in [-0.1, -0.05) is 0 Å². The van der Waals surface area contributed by atoms with Crippen LogP contribution in [0.15, 0.2) is 29.2 Å². The van der Waals surface area contributed by atoms with Gasteiger partial charge in [-0.3, -0.25) is 0 Å². The van der Waals surface area contributed by atoms with Crippen LogP contribution in [0.5, 0.6) is 0 Å². The van der Waals surface area contributed by atoms with Crippen LogP contribution >= 0.6 is 0 Å². The monoisotopic (exact) mass is 259 g/mol. The van der Waals surface area contributed by atoms with Gasteiger partial charge in [0.1, 0.15) is 5.82 Å². The van der Waals surface area contributed by atoms with E-state index in [-0.39, 0.29) is 11.4 Å². The second-order valence-corrected chi connectivity index (χ2v) is 6.05. The third-order valence-corrected chi connectivity index (χ3v) is 4.69. The van der Waals surface area contributed by atoms with Crippen molar-refractivity contribution in [2.45, 2.75) is 23.8 Å². The van der Waals surface area contributed by atoms with E-state index >= 15 is 0 Å². The first-order valence-corrected chi connectivity index (χ1v) is 6.88. The van der Waals surface area contributed by atoms with Gasteiger partial charge >= 0.3 is 0 Å². The minimum atomic E-state index is -3.61. The molecule has 1 saturated heterocycles. The van der Waals surface area contributed by atoms with E-state index in [0.717, 1.165) is 12.1 Å². The summed E-state index contributed by atoms with van der Waals surface area (Å²) in [6.07, 6.45) is 0.649. The number of hydrogen-bond acceptors (Lipinski definition) is 3. The molecule has 1 atom stereocenters. The van der Waals surface area contributed by atoms with Gasteiger partial charge in [-0.25, -0.2) is 12.8 Å². The second-order valence-electron chi connectivity index (χ2n) is 4.11. The zero-order chi connectivity index (χ0) is 12.5. The van der Waals surface area contributed by atoms with E-state index in [2.05, 4.69) is 0 Å². The van der Waals surface area contributed by atoms with Crippen molar-refractivity contribution in [3.63, 3.8) is 0 Å². The maximum Gasteiger partial charge on any atom is 0.243 e. The number of benzene rings is 1. The summed E-state index contributed by atoms with van der Waals surface area (Å²) in [5.74, 6) is -0.470. The van der Waals surface area contributed by atoms with Gasteiger partial charge in [0.15, 0.2) is 0 Å². The topological polar surface area (TPSA) is 57.6 Å². The van der Waals surface area contributed by atoms with E-state index in [9.17, 15) is 17.9 Å². The summed E-state index contributed by atoms with van der Waals surface area (Å²) in [7, 11) is -3.61. The third kappa shape index (κ3) is 2.65. The molecule has 0 amide bonds. The number of hydrogen-bond donors (Lipinski definition) is 1. The number of sulfonamides is 1. The molecule has 1 heterocycles. The fourth-order valence-corrected chi connectivity index (χ4v) is 3.41. The Hall–Kier alpha value is -0.980. The molecule has 1 aliphatic heterocycles. The van der Waals surface area contributed by atoms with Gasteiger partial charge in [-0.2, -0.15) is 4.31 Å². The average molecular weight is 259 g/mol. The normalized spacial score (nSPS) is 22.6. The standard InChI is InChI=1S/C11H14FNO3S/c12-9-3-5-11(6-4-9)17(15,16)13-7-1-2-10(14)8-13/h3-6,10,14H,1-2,7-8H2. The Balaban J connectivity index is 2.26. The molecule has 0 aromatic heterocycles. The molecule has 94 valence electrons. The number of aliphatic hydroxyl groups excluding tert-OH is 1. The Morgan fingerprint density at radius 3 is 2.53 bits per heavy atom. The molecule has 0 saturated carbocycles. The highest BCUT2D eigenvalue weighted by atomic mass is 32.2. The molecular formula is C11H14FNO3S. The molecule has 1 N–H and O–H groups in total. The van der Waals surface area contributed by atoms with E-state index in [4.69, 9.17) is 0 Å². The van der Waals surface area contributed by atoms with E-state index in [1.807, 2.05) is 0 Å². The Bertz CT molecular complexity index is 486. The predicted molar refractivity (Wildman–Crippen MR) is 60.4 cm³/mol. The van der Waals surface area contributed by atoms with Crippen LogP contribution in [0.1, 0.15) is 12.8 Å². The van der Waals surface area contributed by atoms with Crippen LogP contribution in [0.3, 0.4) is 0 Å². The SMILES string of the molecule is O=S(=O)(c1ccc(F)cc1)N1CCCC(O)C1. The minimum absolute atomic E-state index is 0.0630. The Morgan fingerprint density at radius 1 is 1.29 bits per heavy atom. The molecule has 1 aliphatic rings. The Labute approximate surface area is 99.7 Å². The van der Waals surface area contributed by atoms with Gasteiger partial charge in [0.25, 0.3) is 0 Å². The van der Waals surface area contributed by atoms with Crippen molar-refractivity contribution in [2.24, 2.45) is 0 Å². The molecule has 1 aromatic rings. The molecule has 1 fully saturated rings. The molecule has 1 unspecified atom stereocenters. The van der Waals surface area contributed by atoms with Gasteiger partial charge in [0.2, 0.25) is 10.0 Å². The number of rotatable bonds is 2. The van der Waals surface area contributed by atoms with E-state index in [1.54, 1.807) is 0 Å². The van der Waals surface area contributed by atoms with Crippen molar-refractivity contribution in [2.75, 3.05) is 13.1 Å². The zero-order valence-electron chi connectivity index (χ0n) is 9.21. The van der Waals surface area contributed by atoms with Crippen LogP contribution in [0.25, 0.3) is 0 Å². The number of nitrogens with zero attached hydrogens (tertiary/aromatic N) is 1.